The van der Waals surface area contributed by atoms with Crippen molar-refractivity contribution in [2.24, 2.45) is 0 Å². The molecule has 0 radical (unpaired) electrons. The maximum atomic E-state index is 12.9. The summed E-state index contributed by atoms with van der Waals surface area (Å²) < 4.78 is 44.8. The van der Waals surface area contributed by atoms with Gasteiger partial charge in [0.25, 0.3) is 5.91 Å². The summed E-state index contributed by atoms with van der Waals surface area (Å²) in [5.74, 6) is -1.75. The monoisotopic (exact) mass is 434 g/mol. The van der Waals surface area contributed by atoms with Gasteiger partial charge in [0, 0.05) is 18.8 Å². The molecule has 0 aliphatic carbocycles. The minimum Gasteiger partial charge on any atom is -0.452 e. The Bertz CT molecular complexity index is 983. The van der Waals surface area contributed by atoms with Crippen LogP contribution in [0.5, 0.6) is 0 Å². The van der Waals surface area contributed by atoms with E-state index in [1.165, 1.54) is 52.8 Å². The van der Waals surface area contributed by atoms with Gasteiger partial charge in [-0.05, 0) is 61.4 Å². The van der Waals surface area contributed by atoms with E-state index in [0.29, 0.717) is 18.8 Å². The van der Waals surface area contributed by atoms with Gasteiger partial charge in [0.15, 0.2) is 6.61 Å². The fourth-order valence-corrected chi connectivity index (χ4v) is 4.66. The van der Waals surface area contributed by atoms with E-state index in [0.717, 1.165) is 25.7 Å². The van der Waals surface area contributed by atoms with Gasteiger partial charge in [0.1, 0.15) is 5.82 Å². The van der Waals surface area contributed by atoms with Gasteiger partial charge >= 0.3 is 5.97 Å². The summed E-state index contributed by atoms with van der Waals surface area (Å²) in [4.78, 5) is 24.1. The summed E-state index contributed by atoms with van der Waals surface area (Å²) in [6.07, 6.45) is 3.71. The molecule has 0 unspecified atom stereocenters. The van der Waals surface area contributed by atoms with Crippen LogP contribution in [-0.2, 0) is 19.6 Å². The highest BCUT2D eigenvalue weighted by atomic mass is 32.2. The highest BCUT2D eigenvalue weighted by Gasteiger charge is 2.25. The summed E-state index contributed by atoms with van der Waals surface area (Å²) in [5, 5.41) is 2.48. The second-order valence-corrected chi connectivity index (χ2v) is 8.91. The average Bonchev–Trinajstić information content (AvgIpc) is 3.04. The molecule has 9 heteroatoms. The first-order valence-electron chi connectivity index (χ1n) is 9.69. The van der Waals surface area contributed by atoms with E-state index in [1.807, 2.05) is 0 Å². The molecule has 3 rings (SSSR count). The SMILES string of the molecule is O=C(COC(=O)c1ccc(S(=O)(=O)N2CCCCCC2)cc1)Nc1ccc(F)cc1. The molecule has 1 saturated heterocycles. The summed E-state index contributed by atoms with van der Waals surface area (Å²) >= 11 is 0. The van der Waals surface area contributed by atoms with E-state index in [1.54, 1.807) is 0 Å². The molecule has 1 N–H and O–H groups in total. The van der Waals surface area contributed by atoms with Crippen LogP contribution in [0.25, 0.3) is 0 Å². The van der Waals surface area contributed by atoms with Crippen molar-refractivity contribution in [1.29, 1.82) is 0 Å². The average molecular weight is 434 g/mol. The molecule has 1 aliphatic rings. The number of sulfonamides is 1. The van der Waals surface area contributed by atoms with E-state index < -0.39 is 34.3 Å². The largest absolute Gasteiger partial charge is 0.452 e. The molecule has 0 aromatic heterocycles. The van der Waals surface area contributed by atoms with Gasteiger partial charge in [-0.1, -0.05) is 12.8 Å². The molecular formula is C21H23FN2O5S. The van der Waals surface area contributed by atoms with Crippen molar-refractivity contribution < 1.29 is 27.1 Å². The lowest BCUT2D eigenvalue weighted by molar-refractivity contribution is -0.119. The topological polar surface area (TPSA) is 92.8 Å². The predicted molar refractivity (Wildman–Crippen MR) is 109 cm³/mol. The first kappa shape index (κ1) is 21.9. The Balaban J connectivity index is 1.56. The molecule has 0 bridgehead atoms. The summed E-state index contributed by atoms with van der Waals surface area (Å²) in [6, 6.07) is 10.6. The Hall–Kier alpha value is -2.78. The van der Waals surface area contributed by atoms with Gasteiger partial charge in [0.05, 0.1) is 10.5 Å². The molecule has 2 aromatic rings. The van der Waals surface area contributed by atoms with Gasteiger partial charge in [-0.15, -0.1) is 0 Å². The third kappa shape index (κ3) is 5.64. The van der Waals surface area contributed by atoms with E-state index in [-0.39, 0.29) is 10.5 Å². The molecule has 30 heavy (non-hydrogen) atoms. The lowest BCUT2D eigenvalue weighted by atomic mass is 10.2. The van der Waals surface area contributed by atoms with Crippen molar-refractivity contribution in [3.8, 4) is 0 Å². The summed E-state index contributed by atoms with van der Waals surface area (Å²) in [6.45, 7) is 0.467. The van der Waals surface area contributed by atoms with E-state index in [2.05, 4.69) is 5.32 Å². The Kier molecular flexibility index (Phi) is 7.17. The molecule has 1 fully saturated rings. The van der Waals surface area contributed by atoms with Gasteiger partial charge in [-0.25, -0.2) is 17.6 Å². The number of hydrogen-bond donors (Lipinski definition) is 1. The Labute approximate surface area is 174 Å². The van der Waals surface area contributed by atoms with Crippen LogP contribution in [0.2, 0.25) is 0 Å². The second-order valence-electron chi connectivity index (χ2n) is 6.97. The van der Waals surface area contributed by atoms with Crippen molar-refractivity contribution in [2.75, 3.05) is 25.0 Å². The molecular weight excluding hydrogens is 411 g/mol. The molecule has 0 atom stereocenters. The van der Waals surface area contributed by atoms with E-state index >= 15 is 0 Å². The van der Waals surface area contributed by atoms with Crippen molar-refractivity contribution in [3.05, 3.63) is 59.9 Å². The normalized spacial score (nSPS) is 15.2. The van der Waals surface area contributed by atoms with Crippen LogP contribution in [0.1, 0.15) is 36.0 Å². The summed E-state index contributed by atoms with van der Waals surface area (Å²) in [5.41, 5.74) is 0.514. The molecule has 0 saturated carbocycles. The second kappa shape index (κ2) is 9.82. The molecule has 7 nitrogen and oxygen atoms in total. The van der Waals surface area contributed by atoms with Gasteiger partial charge in [-0.2, -0.15) is 4.31 Å². The molecule has 160 valence electrons. The number of nitrogens with zero attached hydrogens (tertiary/aromatic N) is 1. The predicted octanol–water partition coefficient (Wildman–Crippen LogP) is 3.19. The Morgan fingerprint density at radius 3 is 2.13 bits per heavy atom. The number of carbonyl (C=O) groups excluding carboxylic acids is 2. The number of esters is 1. The highest BCUT2D eigenvalue weighted by molar-refractivity contribution is 7.89. The number of halogens is 1. The molecule has 1 heterocycles. The summed E-state index contributed by atoms with van der Waals surface area (Å²) in [7, 11) is -3.60. The van der Waals surface area contributed by atoms with Gasteiger partial charge < -0.3 is 10.1 Å². The number of benzene rings is 2. The number of hydrogen-bond acceptors (Lipinski definition) is 5. The number of carbonyl (C=O) groups is 2. The lowest BCUT2D eigenvalue weighted by Crippen LogP contribution is -2.31. The Morgan fingerprint density at radius 1 is 0.933 bits per heavy atom. The van der Waals surface area contributed by atoms with Crippen molar-refractivity contribution in [3.63, 3.8) is 0 Å². The first-order valence-corrected chi connectivity index (χ1v) is 11.1. The van der Waals surface area contributed by atoms with Crippen molar-refractivity contribution in [1.82, 2.24) is 4.31 Å². The van der Waals surface area contributed by atoms with E-state index in [4.69, 9.17) is 4.74 Å². The van der Waals surface area contributed by atoms with Gasteiger partial charge in [-0.3, -0.25) is 4.79 Å². The quantitative estimate of drug-likeness (QED) is 0.705. The fourth-order valence-electron chi connectivity index (χ4n) is 3.14. The van der Waals surface area contributed by atoms with Gasteiger partial charge in [0.2, 0.25) is 10.0 Å². The standard InChI is InChI=1S/C21H23FN2O5S/c22-17-7-9-18(10-8-17)23-20(25)15-29-21(26)16-5-11-19(12-6-16)30(27,28)24-13-3-1-2-4-14-24/h5-12H,1-4,13-15H2,(H,23,25). The molecule has 1 amide bonds. The maximum absolute atomic E-state index is 12.9. The van der Waals surface area contributed by atoms with Crippen LogP contribution < -0.4 is 5.32 Å². The smallest absolute Gasteiger partial charge is 0.338 e. The Morgan fingerprint density at radius 2 is 1.53 bits per heavy atom. The highest BCUT2D eigenvalue weighted by Crippen LogP contribution is 2.21. The zero-order valence-corrected chi connectivity index (χ0v) is 17.2. The number of rotatable bonds is 6. The van der Waals surface area contributed by atoms with Crippen molar-refractivity contribution >= 4 is 27.6 Å². The van der Waals surface area contributed by atoms with Crippen LogP contribution in [0, 0.1) is 5.82 Å². The lowest BCUT2D eigenvalue weighted by Gasteiger charge is -2.19. The number of amides is 1. The number of ether oxygens (including phenoxy) is 1. The maximum Gasteiger partial charge on any atom is 0.338 e. The minimum absolute atomic E-state index is 0.120. The van der Waals surface area contributed by atoms with Crippen LogP contribution in [0.4, 0.5) is 10.1 Å². The first-order chi connectivity index (χ1) is 14.4. The number of nitrogens with one attached hydrogen (secondary N) is 1. The van der Waals surface area contributed by atoms with Crippen LogP contribution >= 0.6 is 0 Å². The van der Waals surface area contributed by atoms with Crippen LogP contribution in [0.15, 0.2) is 53.4 Å². The molecule has 2 aromatic carbocycles. The molecule has 1 aliphatic heterocycles. The van der Waals surface area contributed by atoms with Crippen LogP contribution in [0.3, 0.4) is 0 Å². The molecule has 0 spiro atoms. The van der Waals surface area contributed by atoms with Crippen LogP contribution in [-0.4, -0.2) is 44.3 Å². The minimum atomic E-state index is -3.60. The third-order valence-electron chi connectivity index (χ3n) is 4.76. The van der Waals surface area contributed by atoms with Crippen molar-refractivity contribution in [2.45, 2.75) is 30.6 Å². The fraction of sp³-hybridized carbons (Fsp3) is 0.333. The zero-order chi connectivity index (χ0) is 21.6. The van der Waals surface area contributed by atoms with E-state index in [9.17, 15) is 22.4 Å². The number of anilines is 1. The zero-order valence-electron chi connectivity index (χ0n) is 16.3. The third-order valence-corrected chi connectivity index (χ3v) is 6.67.